The van der Waals surface area contributed by atoms with E-state index in [4.69, 9.17) is 4.74 Å². The molecule has 1 N–H and O–H groups in total. The van der Waals surface area contributed by atoms with Crippen LogP contribution in [0.3, 0.4) is 0 Å². The summed E-state index contributed by atoms with van der Waals surface area (Å²) in [6.45, 7) is 7.19. The van der Waals surface area contributed by atoms with Gasteiger partial charge in [0.15, 0.2) is 0 Å². The summed E-state index contributed by atoms with van der Waals surface area (Å²) in [6, 6.07) is 0.309. The molecule has 0 saturated heterocycles. The molecule has 0 spiro atoms. The Morgan fingerprint density at radius 2 is 2.27 bits per heavy atom. The fourth-order valence-electron chi connectivity index (χ4n) is 1.43. The van der Waals surface area contributed by atoms with E-state index in [2.05, 4.69) is 18.8 Å². The lowest BCUT2D eigenvalue weighted by Gasteiger charge is -2.16. The van der Waals surface area contributed by atoms with E-state index < -0.39 is 6.10 Å². The molecule has 0 saturated carbocycles. The molecule has 1 atom stereocenters. The first-order valence-corrected chi connectivity index (χ1v) is 5.44. The second kappa shape index (κ2) is 5.88. The van der Waals surface area contributed by atoms with Crippen molar-refractivity contribution in [2.75, 3.05) is 13.2 Å². The summed E-state index contributed by atoms with van der Waals surface area (Å²) in [5, 5.41) is 9.88. The van der Waals surface area contributed by atoms with Crippen LogP contribution in [0.5, 0.6) is 0 Å². The maximum atomic E-state index is 9.88. The van der Waals surface area contributed by atoms with Crippen molar-refractivity contribution in [3.8, 4) is 0 Å². The number of nitrogens with zero attached hydrogens (tertiary/aromatic N) is 2. The quantitative estimate of drug-likeness (QED) is 0.733. The van der Waals surface area contributed by atoms with Gasteiger partial charge in [0.05, 0.1) is 24.8 Å². The van der Waals surface area contributed by atoms with Crippen LogP contribution in [0.4, 0.5) is 0 Å². The fourth-order valence-corrected chi connectivity index (χ4v) is 1.43. The Kier molecular flexibility index (Phi) is 4.78. The lowest BCUT2D eigenvalue weighted by Crippen LogP contribution is -2.13. The molecule has 4 heteroatoms. The van der Waals surface area contributed by atoms with Crippen LogP contribution in [0, 0.1) is 0 Å². The molecule has 0 amide bonds. The monoisotopic (exact) mass is 212 g/mol. The molecule has 0 aromatic carbocycles. The largest absolute Gasteiger partial charge is 0.384 e. The minimum absolute atomic E-state index is 0.309. The molecule has 1 aromatic heterocycles. The van der Waals surface area contributed by atoms with E-state index in [0.717, 1.165) is 12.1 Å². The average Bonchev–Trinajstić information content (AvgIpc) is 2.66. The number of aliphatic hydroxyl groups excluding tert-OH is 1. The van der Waals surface area contributed by atoms with Gasteiger partial charge in [0.2, 0.25) is 0 Å². The van der Waals surface area contributed by atoms with Gasteiger partial charge in [0, 0.05) is 12.6 Å². The number of ether oxygens (including phenoxy) is 1. The lowest BCUT2D eigenvalue weighted by molar-refractivity contribution is 0.0319. The van der Waals surface area contributed by atoms with Crippen molar-refractivity contribution >= 4 is 0 Å². The molecule has 15 heavy (non-hydrogen) atoms. The first-order valence-electron chi connectivity index (χ1n) is 5.44. The Balaban J connectivity index is 2.56. The third-order valence-electron chi connectivity index (χ3n) is 2.22. The molecule has 1 aromatic rings. The average molecular weight is 212 g/mol. The van der Waals surface area contributed by atoms with Gasteiger partial charge in [-0.15, -0.1) is 0 Å². The van der Waals surface area contributed by atoms with Crippen LogP contribution in [-0.2, 0) is 4.74 Å². The normalized spacial score (nSPS) is 13.4. The van der Waals surface area contributed by atoms with Crippen LogP contribution in [0.25, 0.3) is 0 Å². The molecular formula is C11H20N2O2. The minimum atomic E-state index is -0.582. The van der Waals surface area contributed by atoms with E-state index in [1.54, 1.807) is 12.5 Å². The minimum Gasteiger partial charge on any atom is -0.384 e. The second-order valence-electron chi connectivity index (χ2n) is 3.91. The summed E-state index contributed by atoms with van der Waals surface area (Å²) < 4.78 is 7.27. The number of hydrogen-bond donors (Lipinski definition) is 1. The van der Waals surface area contributed by atoms with E-state index in [1.807, 2.05) is 11.5 Å². The first kappa shape index (κ1) is 12.2. The third-order valence-corrected chi connectivity index (χ3v) is 2.22. The molecule has 86 valence electrons. The van der Waals surface area contributed by atoms with E-state index in [-0.39, 0.29) is 0 Å². The van der Waals surface area contributed by atoms with Gasteiger partial charge in [0.1, 0.15) is 6.10 Å². The Bertz CT molecular complexity index is 284. The highest BCUT2D eigenvalue weighted by molar-refractivity contribution is 5.03. The van der Waals surface area contributed by atoms with Crippen molar-refractivity contribution < 1.29 is 9.84 Å². The van der Waals surface area contributed by atoms with E-state index >= 15 is 0 Å². The van der Waals surface area contributed by atoms with Crippen LogP contribution in [0.2, 0.25) is 0 Å². The number of aromatic nitrogens is 2. The van der Waals surface area contributed by atoms with Crippen LogP contribution < -0.4 is 0 Å². The van der Waals surface area contributed by atoms with Crippen molar-refractivity contribution in [1.29, 1.82) is 0 Å². The molecule has 0 fully saturated rings. The number of imidazole rings is 1. The van der Waals surface area contributed by atoms with Gasteiger partial charge in [0.25, 0.3) is 0 Å². The van der Waals surface area contributed by atoms with E-state index in [1.165, 1.54) is 0 Å². The van der Waals surface area contributed by atoms with Crippen molar-refractivity contribution in [3.05, 3.63) is 18.2 Å². The smallest absolute Gasteiger partial charge is 0.119 e. The molecule has 1 heterocycles. The topological polar surface area (TPSA) is 47.3 Å². The summed E-state index contributed by atoms with van der Waals surface area (Å²) in [6.07, 6.45) is 3.82. The standard InChI is InChI=1S/C11H20N2O2/c1-4-5-15-7-11(14)10-6-12-8-13(10)9(2)3/h6,8-9,11,14H,4-5,7H2,1-3H3. The highest BCUT2D eigenvalue weighted by Gasteiger charge is 2.14. The van der Waals surface area contributed by atoms with Gasteiger partial charge >= 0.3 is 0 Å². The summed E-state index contributed by atoms with van der Waals surface area (Å²) in [5.74, 6) is 0. The van der Waals surface area contributed by atoms with Gasteiger partial charge in [-0.1, -0.05) is 6.92 Å². The van der Waals surface area contributed by atoms with Crippen molar-refractivity contribution in [3.63, 3.8) is 0 Å². The molecule has 0 aliphatic rings. The molecule has 1 rings (SSSR count). The first-order chi connectivity index (χ1) is 7.16. The van der Waals surface area contributed by atoms with E-state index in [0.29, 0.717) is 19.3 Å². The number of rotatable bonds is 6. The molecule has 0 bridgehead atoms. The summed E-state index contributed by atoms with van der Waals surface area (Å²) in [4.78, 5) is 4.04. The maximum absolute atomic E-state index is 9.88. The predicted molar refractivity (Wildman–Crippen MR) is 58.7 cm³/mol. The van der Waals surface area contributed by atoms with Crippen LogP contribution in [0.1, 0.15) is 45.0 Å². The Morgan fingerprint density at radius 1 is 1.53 bits per heavy atom. The van der Waals surface area contributed by atoms with Crippen LogP contribution in [-0.4, -0.2) is 27.9 Å². The molecular weight excluding hydrogens is 192 g/mol. The van der Waals surface area contributed by atoms with Gasteiger partial charge in [-0.05, 0) is 20.3 Å². The molecule has 1 unspecified atom stereocenters. The Hall–Kier alpha value is -0.870. The number of hydrogen-bond acceptors (Lipinski definition) is 3. The highest BCUT2D eigenvalue weighted by Crippen LogP contribution is 2.17. The zero-order valence-corrected chi connectivity index (χ0v) is 9.68. The molecule has 0 aliphatic heterocycles. The van der Waals surface area contributed by atoms with Gasteiger partial charge in [-0.3, -0.25) is 0 Å². The highest BCUT2D eigenvalue weighted by atomic mass is 16.5. The van der Waals surface area contributed by atoms with Crippen LogP contribution >= 0.6 is 0 Å². The summed E-state index contributed by atoms with van der Waals surface area (Å²) in [7, 11) is 0. The third kappa shape index (κ3) is 3.32. The summed E-state index contributed by atoms with van der Waals surface area (Å²) >= 11 is 0. The Labute approximate surface area is 90.9 Å². The lowest BCUT2D eigenvalue weighted by atomic mass is 10.2. The van der Waals surface area contributed by atoms with Crippen molar-refractivity contribution in [1.82, 2.24) is 9.55 Å². The van der Waals surface area contributed by atoms with Gasteiger partial charge in [-0.25, -0.2) is 4.98 Å². The maximum Gasteiger partial charge on any atom is 0.119 e. The zero-order valence-electron chi connectivity index (χ0n) is 9.68. The Morgan fingerprint density at radius 3 is 2.87 bits per heavy atom. The van der Waals surface area contributed by atoms with E-state index in [9.17, 15) is 5.11 Å². The predicted octanol–water partition coefficient (Wildman–Crippen LogP) is 1.92. The van der Waals surface area contributed by atoms with Crippen LogP contribution in [0.15, 0.2) is 12.5 Å². The molecule has 0 radical (unpaired) electrons. The SMILES string of the molecule is CCCOCC(O)c1cncn1C(C)C. The molecule has 4 nitrogen and oxygen atoms in total. The zero-order chi connectivity index (χ0) is 11.3. The van der Waals surface area contributed by atoms with Gasteiger partial charge in [-0.2, -0.15) is 0 Å². The fraction of sp³-hybridized carbons (Fsp3) is 0.727. The van der Waals surface area contributed by atoms with Gasteiger partial charge < -0.3 is 14.4 Å². The van der Waals surface area contributed by atoms with Crippen molar-refractivity contribution in [2.24, 2.45) is 0 Å². The number of aliphatic hydroxyl groups is 1. The van der Waals surface area contributed by atoms with Crippen molar-refractivity contribution in [2.45, 2.75) is 39.3 Å². The second-order valence-corrected chi connectivity index (χ2v) is 3.91. The molecule has 0 aliphatic carbocycles. The summed E-state index contributed by atoms with van der Waals surface area (Å²) in [5.41, 5.74) is 0.820.